The minimum atomic E-state index is -0.0712. The van der Waals surface area contributed by atoms with Crippen LogP contribution in [-0.4, -0.2) is 14.5 Å². The van der Waals surface area contributed by atoms with Crippen molar-refractivity contribution >= 4 is 33.2 Å². The molecular formula is C18H14ClN3O2S. The molecule has 0 bridgehead atoms. The Morgan fingerprint density at radius 3 is 2.72 bits per heavy atom. The number of oxazole rings is 1. The summed E-state index contributed by atoms with van der Waals surface area (Å²) in [5, 5.41) is 1.34. The van der Waals surface area contributed by atoms with Gasteiger partial charge in [0.15, 0.2) is 5.76 Å². The van der Waals surface area contributed by atoms with Gasteiger partial charge in [0.05, 0.1) is 17.9 Å². The molecule has 25 heavy (non-hydrogen) atoms. The number of halogens is 1. The summed E-state index contributed by atoms with van der Waals surface area (Å²) in [6.07, 6.45) is 3.20. The second kappa shape index (κ2) is 6.13. The molecule has 0 aliphatic carbocycles. The lowest BCUT2D eigenvalue weighted by Crippen LogP contribution is -2.21. The fraction of sp³-hybridized carbons (Fsp3) is 0.167. The van der Waals surface area contributed by atoms with Crippen molar-refractivity contribution in [2.45, 2.75) is 20.4 Å². The van der Waals surface area contributed by atoms with E-state index in [4.69, 9.17) is 16.0 Å². The van der Waals surface area contributed by atoms with Crippen molar-refractivity contribution < 1.29 is 4.42 Å². The highest BCUT2D eigenvalue weighted by atomic mass is 35.5. The standard InChI is InChI=1S/C18H14ClN3O2S/c1-10-11(2)25-17-16(10)18(23)22(9-21-17)8-15-20-7-14(24-15)12-3-5-13(19)6-4-12/h3-7,9H,8H2,1-2H3. The van der Waals surface area contributed by atoms with Crippen LogP contribution >= 0.6 is 22.9 Å². The first-order valence-corrected chi connectivity index (χ1v) is 8.88. The second-order valence-corrected chi connectivity index (χ2v) is 7.41. The number of benzene rings is 1. The average Bonchev–Trinajstić information content (AvgIpc) is 3.17. The minimum Gasteiger partial charge on any atom is -0.439 e. The zero-order chi connectivity index (χ0) is 17.6. The number of aryl methyl sites for hydroxylation is 2. The van der Waals surface area contributed by atoms with Gasteiger partial charge in [-0.15, -0.1) is 11.3 Å². The van der Waals surface area contributed by atoms with E-state index in [0.29, 0.717) is 22.1 Å². The number of fused-ring (bicyclic) bond motifs is 1. The van der Waals surface area contributed by atoms with Crippen LogP contribution in [0.2, 0.25) is 5.02 Å². The lowest BCUT2D eigenvalue weighted by atomic mass is 10.2. The topological polar surface area (TPSA) is 60.9 Å². The molecule has 4 aromatic rings. The SMILES string of the molecule is Cc1sc2ncn(Cc3ncc(-c4ccc(Cl)cc4)o3)c(=O)c2c1C. The van der Waals surface area contributed by atoms with Crippen molar-refractivity contribution in [3.8, 4) is 11.3 Å². The fourth-order valence-corrected chi connectivity index (χ4v) is 3.77. The van der Waals surface area contributed by atoms with Crippen molar-refractivity contribution in [2.24, 2.45) is 0 Å². The Balaban J connectivity index is 1.68. The van der Waals surface area contributed by atoms with Crippen LogP contribution in [0.5, 0.6) is 0 Å². The first-order chi connectivity index (χ1) is 12.0. The van der Waals surface area contributed by atoms with E-state index in [1.54, 1.807) is 24.7 Å². The quantitative estimate of drug-likeness (QED) is 0.534. The van der Waals surface area contributed by atoms with Gasteiger partial charge in [-0.1, -0.05) is 11.6 Å². The monoisotopic (exact) mass is 371 g/mol. The van der Waals surface area contributed by atoms with Crippen LogP contribution < -0.4 is 5.56 Å². The van der Waals surface area contributed by atoms with Crippen molar-refractivity contribution in [2.75, 3.05) is 0 Å². The molecule has 4 rings (SSSR count). The maximum absolute atomic E-state index is 12.7. The van der Waals surface area contributed by atoms with E-state index in [0.717, 1.165) is 20.8 Å². The predicted octanol–water partition coefficient (Wildman–Crippen LogP) is 4.43. The highest BCUT2D eigenvalue weighted by molar-refractivity contribution is 7.18. The molecule has 3 aromatic heterocycles. The van der Waals surface area contributed by atoms with Gasteiger partial charge in [-0.3, -0.25) is 9.36 Å². The van der Waals surface area contributed by atoms with Crippen LogP contribution in [0.15, 0.2) is 46.0 Å². The van der Waals surface area contributed by atoms with Crippen LogP contribution in [0, 0.1) is 13.8 Å². The molecule has 0 saturated heterocycles. The molecule has 3 heterocycles. The molecule has 0 amide bonds. The normalized spacial score (nSPS) is 11.3. The number of thiophene rings is 1. The molecule has 0 aliphatic heterocycles. The van der Waals surface area contributed by atoms with Crippen LogP contribution in [0.3, 0.4) is 0 Å². The largest absolute Gasteiger partial charge is 0.439 e. The Hall–Kier alpha value is -2.44. The summed E-state index contributed by atoms with van der Waals surface area (Å²) in [6.45, 7) is 4.19. The zero-order valence-corrected chi connectivity index (χ0v) is 15.2. The van der Waals surface area contributed by atoms with Gasteiger partial charge in [-0.2, -0.15) is 0 Å². The van der Waals surface area contributed by atoms with E-state index in [2.05, 4.69) is 9.97 Å². The number of nitrogens with zero attached hydrogens (tertiary/aromatic N) is 3. The Labute approximate surface area is 152 Å². The third kappa shape index (κ3) is 2.88. The van der Waals surface area contributed by atoms with Crippen LogP contribution in [0.1, 0.15) is 16.3 Å². The maximum atomic E-state index is 12.7. The number of rotatable bonds is 3. The molecular weight excluding hydrogens is 358 g/mol. The summed E-state index contributed by atoms with van der Waals surface area (Å²) in [4.78, 5) is 23.3. The van der Waals surface area contributed by atoms with E-state index >= 15 is 0 Å². The molecule has 0 spiro atoms. The van der Waals surface area contributed by atoms with E-state index in [9.17, 15) is 4.79 Å². The van der Waals surface area contributed by atoms with Crippen molar-refractivity contribution in [1.82, 2.24) is 14.5 Å². The third-order valence-electron chi connectivity index (χ3n) is 4.14. The molecule has 7 heteroatoms. The molecule has 0 saturated carbocycles. The Morgan fingerprint density at radius 2 is 1.96 bits per heavy atom. The maximum Gasteiger partial charge on any atom is 0.262 e. The van der Waals surface area contributed by atoms with Crippen LogP contribution in [0.25, 0.3) is 21.5 Å². The van der Waals surface area contributed by atoms with Gasteiger partial charge < -0.3 is 4.42 Å². The second-order valence-electron chi connectivity index (χ2n) is 5.77. The summed E-state index contributed by atoms with van der Waals surface area (Å²) in [7, 11) is 0. The summed E-state index contributed by atoms with van der Waals surface area (Å²) < 4.78 is 7.30. The van der Waals surface area contributed by atoms with E-state index in [1.807, 2.05) is 26.0 Å². The lowest BCUT2D eigenvalue weighted by Gasteiger charge is -2.02. The number of hydrogen-bond donors (Lipinski definition) is 0. The minimum absolute atomic E-state index is 0.0712. The molecule has 1 aromatic carbocycles. The number of aromatic nitrogens is 3. The van der Waals surface area contributed by atoms with E-state index in [-0.39, 0.29) is 12.1 Å². The Bertz CT molecular complexity index is 1130. The summed E-state index contributed by atoms with van der Waals surface area (Å²) in [5.74, 6) is 1.09. The summed E-state index contributed by atoms with van der Waals surface area (Å²) in [5.41, 5.74) is 1.80. The van der Waals surface area contributed by atoms with Crippen LogP contribution in [-0.2, 0) is 6.54 Å². The first-order valence-electron chi connectivity index (χ1n) is 7.68. The highest BCUT2D eigenvalue weighted by Crippen LogP contribution is 2.26. The summed E-state index contributed by atoms with van der Waals surface area (Å²) in [6, 6.07) is 7.32. The zero-order valence-electron chi connectivity index (χ0n) is 13.6. The molecule has 0 atom stereocenters. The molecule has 0 fully saturated rings. The molecule has 0 unspecified atom stereocenters. The van der Waals surface area contributed by atoms with Crippen molar-refractivity contribution in [3.63, 3.8) is 0 Å². The van der Waals surface area contributed by atoms with Crippen molar-refractivity contribution in [1.29, 1.82) is 0 Å². The summed E-state index contributed by atoms with van der Waals surface area (Å²) >= 11 is 7.44. The highest BCUT2D eigenvalue weighted by Gasteiger charge is 2.14. The van der Waals surface area contributed by atoms with Crippen LogP contribution in [0.4, 0.5) is 0 Å². The smallest absolute Gasteiger partial charge is 0.262 e. The van der Waals surface area contributed by atoms with Gasteiger partial charge in [0, 0.05) is 15.5 Å². The molecule has 5 nitrogen and oxygen atoms in total. The van der Waals surface area contributed by atoms with E-state index < -0.39 is 0 Å². The first kappa shape index (κ1) is 16.1. The molecule has 0 radical (unpaired) electrons. The lowest BCUT2D eigenvalue weighted by molar-refractivity contribution is 0.484. The van der Waals surface area contributed by atoms with Gasteiger partial charge in [0.2, 0.25) is 5.89 Å². The van der Waals surface area contributed by atoms with Gasteiger partial charge >= 0.3 is 0 Å². The Kier molecular flexibility index (Phi) is 3.94. The fourth-order valence-electron chi connectivity index (χ4n) is 2.66. The number of hydrogen-bond acceptors (Lipinski definition) is 5. The molecule has 0 aliphatic rings. The molecule has 0 N–H and O–H groups in total. The molecule has 126 valence electrons. The van der Waals surface area contributed by atoms with Gasteiger partial charge in [0.25, 0.3) is 5.56 Å². The van der Waals surface area contributed by atoms with Gasteiger partial charge in [0.1, 0.15) is 11.4 Å². The van der Waals surface area contributed by atoms with E-state index in [1.165, 1.54) is 15.9 Å². The van der Waals surface area contributed by atoms with Crippen molar-refractivity contribution in [3.05, 3.63) is 68.5 Å². The third-order valence-corrected chi connectivity index (χ3v) is 5.51. The average molecular weight is 372 g/mol. The van der Waals surface area contributed by atoms with Gasteiger partial charge in [-0.05, 0) is 43.7 Å². The Morgan fingerprint density at radius 1 is 1.20 bits per heavy atom. The van der Waals surface area contributed by atoms with Gasteiger partial charge in [-0.25, -0.2) is 9.97 Å². The predicted molar refractivity (Wildman–Crippen MR) is 99.4 cm³/mol.